The van der Waals surface area contributed by atoms with Crippen LogP contribution in [-0.4, -0.2) is 12.6 Å². The summed E-state index contributed by atoms with van der Waals surface area (Å²) in [5.41, 5.74) is 2.88. The highest BCUT2D eigenvalue weighted by Gasteiger charge is 2.09. The Morgan fingerprint density at radius 2 is 1.89 bits per heavy atom. The number of hydrogen-bond donors (Lipinski definition) is 0. The largest absolute Gasteiger partial charge is 0.462 e. The van der Waals surface area contributed by atoms with E-state index in [1.165, 1.54) is 0 Å². The molecule has 0 heterocycles. The van der Waals surface area contributed by atoms with E-state index in [0.29, 0.717) is 12.2 Å². The fourth-order valence-electron chi connectivity index (χ4n) is 1.71. The molecule has 2 aromatic rings. The van der Waals surface area contributed by atoms with Crippen LogP contribution in [0.4, 0.5) is 0 Å². The summed E-state index contributed by atoms with van der Waals surface area (Å²) >= 11 is 2.24. The van der Waals surface area contributed by atoms with Crippen molar-refractivity contribution in [2.24, 2.45) is 0 Å². The number of halogens is 1. The van der Waals surface area contributed by atoms with Gasteiger partial charge in [-0.05, 0) is 52.8 Å². The first-order chi connectivity index (χ1) is 8.72. The van der Waals surface area contributed by atoms with E-state index >= 15 is 0 Å². The highest BCUT2D eigenvalue weighted by molar-refractivity contribution is 14.1. The summed E-state index contributed by atoms with van der Waals surface area (Å²) in [6.07, 6.45) is 0. The minimum absolute atomic E-state index is 0.268. The van der Waals surface area contributed by atoms with Gasteiger partial charge in [0.25, 0.3) is 0 Å². The SMILES string of the molecule is CCOC(=O)c1ccc(-c2ccccc2)c(I)c1. The lowest BCUT2D eigenvalue weighted by atomic mass is 10.0. The van der Waals surface area contributed by atoms with Crippen molar-refractivity contribution in [2.75, 3.05) is 6.61 Å². The molecule has 0 aliphatic carbocycles. The maximum absolute atomic E-state index is 11.6. The molecule has 2 nitrogen and oxygen atoms in total. The number of carbonyl (C=O) groups is 1. The number of rotatable bonds is 3. The second kappa shape index (κ2) is 6.00. The zero-order valence-electron chi connectivity index (χ0n) is 10.0. The lowest BCUT2D eigenvalue weighted by molar-refractivity contribution is 0.0526. The first kappa shape index (κ1) is 13.1. The van der Waals surface area contributed by atoms with Crippen LogP contribution >= 0.6 is 22.6 Å². The fraction of sp³-hybridized carbons (Fsp3) is 0.133. The standard InChI is InChI=1S/C15H13IO2/c1-2-18-15(17)12-8-9-13(14(16)10-12)11-6-4-3-5-7-11/h3-10H,2H2,1H3. The molecular formula is C15H13IO2. The number of benzene rings is 2. The van der Waals surface area contributed by atoms with Crippen molar-refractivity contribution in [1.29, 1.82) is 0 Å². The van der Waals surface area contributed by atoms with Gasteiger partial charge in [-0.2, -0.15) is 0 Å². The Kier molecular flexibility index (Phi) is 4.36. The molecule has 92 valence electrons. The van der Waals surface area contributed by atoms with E-state index in [0.717, 1.165) is 14.7 Å². The average Bonchev–Trinajstić information content (AvgIpc) is 2.40. The molecule has 0 amide bonds. The predicted molar refractivity (Wildman–Crippen MR) is 80.6 cm³/mol. The van der Waals surface area contributed by atoms with E-state index in [4.69, 9.17) is 4.74 Å². The zero-order chi connectivity index (χ0) is 13.0. The minimum Gasteiger partial charge on any atom is -0.462 e. The van der Waals surface area contributed by atoms with Crippen LogP contribution in [0.3, 0.4) is 0 Å². The van der Waals surface area contributed by atoms with Gasteiger partial charge in [-0.25, -0.2) is 4.79 Å². The Labute approximate surface area is 120 Å². The van der Waals surface area contributed by atoms with Crippen LogP contribution in [0.2, 0.25) is 0 Å². The second-order valence-electron chi connectivity index (χ2n) is 3.78. The monoisotopic (exact) mass is 352 g/mol. The molecule has 0 N–H and O–H groups in total. The van der Waals surface area contributed by atoms with Gasteiger partial charge in [-0.3, -0.25) is 0 Å². The van der Waals surface area contributed by atoms with Gasteiger partial charge in [0, 0.05) is 3.57 Å². The number of ether oxygens (including phenoxy) is 1. The lowest BCUT2D eigenvalue weighted by Gasteiger charge is -2.07. The van der Waals surface area contributed by atoms with Crippen molar-refractivity contribution in [3.8, 4) is 11.1 Å². The van der Waals surface area contributed by atoms with E-state index in [-0.39, 0.29) is 5.97 Å². The summed E-state index contributed by atoms with van der Waals surface area (Å²) in [6.45, 7) is 2.21. The molecule has 0 radical (unpaired) electrons. The van der Waals surface area contributed by atoms with E-state index in [1.54, 1.807) is 6.92 Å². The molecule has 0 spiro atoms. The fourth-order valence-corrected chi connectivity index (χ4v) is 2.54. The molecule has 0 aliphatic rings. The topological polar surface area (TPSA) is 26.3 Å². The Morgan fingerprint density at radius 3 is 2.50 bits per heavy atom. The summed E-state index contributed by atoms with van der Waals surface area (Å²) in [6, 6.07) is 15.7. The first-order valence-corrected chi connectivity index (χ1v) is 6.82. The average molecular weight is 352 g/mol. The van der Waals surface area contributed by atoms with Crippen LogP contribution in [0.5, 0.6) is 0 Å². The highest BCUT2D eigenvalue weighted by atomic mass is 127. The molecule has 0 saturated heterocycles. The molecule has 0 aliphatic heterocycles. The maximum Gasteiger partial charge on any atom is 0.338 e. The van der Waals surface area contributed by atoms with Gasteiger partial charge in [0.2, 0.25) is 0 Å². The summed E-state index contributed by atoms with van der Waals surface area (Å²) < 4.78 is 6.03. The van der Waals surface area contributed by atoms with Crippen molar-refractivity contribution in [2.45, 2.75) is 6.92 Å². The summed E-state index contributed by atoms with van der Waals surface area (Å²) in [4.78, 5) is 11.6. The third-order valence-corrected chi connectivity index (χ3v) is 3.46. The van der Waals surface area contributed by atoms with E-state index < -0.39 is 0 Å². The molecule has 2 rings (SSSR count). The van der Waals surface area contributed by atoms with Crippen molar-refractivity contribution in [3.05, 3.63) is 57.7 Å². The van der Waals surface area contributed by atoms with E-state index in [1.807, 2.05) is 36.4 Å². The van der Waals surface area contributed by atoms with Crippen molar-refractivity contribution in [3.63, 3.8) is 0 Å². The molecule has 0 unspecified atom stereocenters. The molecule has 0 aromatic heterocycles. The predicted octanol–water partition coefficient (Wildman–Crippen LogP) is 4.13. The smallest absolute Gasteiger partial charge is 0.338 e. The molecule has 0 fully saturated rings. The summed E-state index contributed by atoms with van der Waals surface area (Å²) in [5, 5.41) is 0. The summed E-state index contributed by atoms with van der Waals surface area (Å²) in [7, 11) is 0. The Morgan fingerprint density at radius 1 is 1.17 bits per heavy atom. The molecule has 0 atom stereocenters. The molecule has 18 heavy (non-hydrogen) atoms. The molecule has 2 aromatic carbocycles. The Bertz CT molecular complexity index is 550. The lowest BCUT2D eigenvalue weighted by Crippen LogP contribution is -2.04. The van der Waals surface area contributed by atoms with Crippen molar-refractivity contribution in [1.82, 2.24) is 0 Å². The zero-order valence-corrected chi connectivity index (χ0v) is 12.2. The van der Waals surface area contributed by atoms with E-state index in [2.05, 4.69) is 34.7 Å². The minimum atomic E-state index is -0.268. The van der Waals surface area contributed by atoms with Gasteiger partial charge in [-0.1, -0.05) is 36.4 Å². The number of carbonyl (C=O) groups excluding carboxylic acids is 1. The van der Waals surface area contributed by atoms with Crippen LogP contribution in [0, 0.1) is 3.57 Å². The molecule has 0 bridgehead atoms. The van der Waals surface area contributed by atoms with E-state index in [9.17, 15) is 4.79 Å². The van der Waals surface area contributed by atoms with Gasteiger partial charge in [0.15, 0.2) is 0 Å². The maximum atomic E-state index is 11.6. The molecule has 0 saturated carbocycles. The van der Waals surface area contributed by atoms with Crippen LogP contribution in [0.25, 0.3) is 11.1 Å². The highest BCUT2D eigenvalue weighted by Crippen LogP contribution is 2.26. The Hall–Kier alpha value is -1.36. The Balaban J connectivity index is 2.34. The first-order valence-electron chi connectivity index (χ1n) is 5.74. The third-order valence-electron chi connectivity index (χ3n) is 2.57. The normalized spacial score (nSPS) is 10.1. The third kappa shape index (κ3) is 2.90. The van der Waals surface area contributed by atoms with Crippen LogP contribution in [-0.2, 0) is 4.74 Å². The van der Waals surface area contributed by atoms with Crippen molar-refractivity contribution < 1.29 is 9.53 Å². The summed E-state index contributed by atoms with van der Waals surface area (Å²) in [5.74, 6) is -0.268. The van der Waals surface area contributed by atoms with Gasteiger partial charge >= 0.3 is 5.97 Å². The van der Waals surface area contributed by atoms with Gasteiger partial charge in [0.1, 0.15) is 0 Å². The van der Waals surface area contributed by atoms with Crippen molar-refractivity contribution >= 4 is 28.6 Å². The number of hydrogen-bond acceptors (Lipinski definition) is 2. The molecule has 3 heteroatoms. The van der Waals surface area contributed by atoms with Gasteiger partial charge in [-0.15, -0.1) is 0 Å². The van der Waals surface area contributed by atoms with Gasteiger partial charge in [0.05, 0.1) is 12.2 Å². The van der Waals surface area contributed by atoms with Gasteiger partial charge < -0.3 is 4.74 Å². The second-order valence-corrected chi connectivity index (χ2v) is 4.94. The number of esters is 1. The molecular weight excluding hydrogens is 339 g/mol. The van der Waals surface area contributed by atoms with Crippen LogP contribution in [0.15, 0.2) is 48.5 Å². The van der Waals surface area contributed by atoms with Crippen LogP contribution < -0.4 is 0 Å². The quantitative estimate of drug-likeness (QED) is 0.613. The van der Waals surface area contributed by atoms with Crippen LogP contribution in [0.1, 0.15) is 17.3 Å².